The van der Waals surface area contributed by atoms with Crippen molar-refractivity contribution in [2.24, 2.45) is 5.92 Å². The molecule has 2 nitrogen and oxygen atoms in total. The molecule has 1 unspecified atom stereocenters. The molecule has 21 heavy (non-hydrogen) atoms. The van der Waals surface area contributed by atoms with Crippen molar-refractivity contribution in [2.45, 2.75) is 69.8 Å². The minimum absolute atomic E-state index is 0.0385. The zero-order chi connectivity index (χ0) is 14.3. The number of hydrogen-bond acceptors (Lipinski definition) is 3. The van der Waals surface area contributed by atoms with E-state index in [-0.39, 0.29) is 11.5 Å². The first kappa shape index (κ1) is 14.0. The fourth-order valence-corrected chi connectivity index (χ4v) is 5.72. The Bertz CT molecular complexity index is 512. The van der Waals surface area contributed by atoms with Crippen LogP contribution in [0.5, 0.6) is 0 Å². The van der Waals surface area contributed by atoms with E-state index < -0.39 is 0 Å². The number of fused-ring (bicyclic) bond motifs is 1. The van der Waals surface area contributed by atoms with Gasteiger partial charge in [0.1, 0.15) is 0 Å². The molecule has 3 heteroatoms. The Morgan fingerprint density at radius 3 is 2.86 bits per heavy atom. The van der Waals surface area contributed by atoms with E-state index in [1.807, 2.05) is 0 Å². The van der Waals surface area contributed by atoms with Crippen LogP contribution in [0.25, 0.3) is 0 Å². The SMILES string of the molecule is O=C(c1cc2c(s1)CCC2)C1CCOC2(CCCCC2)C1. The van der Waals surface area contributed by atoms with Gasteiger partial charge in [-0.15, -0.1) is 11.3 Å². The van der Waals surface area contributed by atoms with Crippen LogP contribution in [0.2, 0.25) is 0 Å². The molecule has 2 heterocycles. The van der Waals surface area contributed by atoms with E-state index in [1.165, 1.54) is 49.0 Å². The van der Waals surface area contributed by atoms with Gasteiger partial charge in [-0.25, -0.2) is 0 Å². The number of carbonyl (C=O) groups excluding carboxylic acids is 1. The monoisotopic (exact) mass is 304 g/mol. The maximum Gasteiger partial charge on any atom is 0.176 e. The van der Waals surface area contributed by atoms with Gasteiger partial charge in [-0.3, -0.25) is 4.79 Å². The largest absolute Gasteiger partial charge is 0.375 e. The average molecular weight is 304 g/mol. The predicted molar refractivity (Wildman–Crippen MR) is 85.2 cm³/mol. The van der Waals surface area contributed by atoms with Crippen LogP contribution in [0.1, 0.15) is 71.5 Å². The van der Waals surface area contributed by atoms with Gasteiger partial charge in [-0.1, -0.05) is 19.3 Å². The summed E-state index contributed by atoms with van der Waals surface area (Å²) in [4.78, 5) is 15.4. The van der Waals surface area contributed by atoms with Gasteiger partial charge in [0, 0.05) is 17.4 Å². The van der Waals surface area contributed by atoms with E-state index >= 15 is 0 Å². The maximum atomic E-state index is 12.9. The second-order valence-corrected chi connectivity index (χ2v) is 8.20. The summed E-state index contributed by atoms with van der Waals surface area (Å²) in [7, 11) is 0. The van der Waals surface area contributed by atoms with Crippen LogP contribution in [-0.2, 0) is 17.6 Å². The van der Waals surface area contributed by atoms with Crippen LogP contribution in [-0.4, -0.2) is 18.0 Å². The summed E-state index contributed by atoms with van der Waals surface area (Å²) in [6.07, 6.45) is 11.7. The van der Waals surface area contributed by atoms with Crippen LogP contribution < -0.4 is 0 Å². The molecule has 0 aromatic carbocycles. The highest BCUT2D eigenvalue weighted by molar-refractivity contribution is 7.14. The Hall–Kier alpha value is -0.670. The lowest BCUT2D eigenvalue weighted by atomic mass is 9.75. The first-order chi connectivity index (χ1) is 10.3. The maximum absolute atomic E-state index is 12.9. The molecule has 1 aliphatic heterocycles. The van der Waals surface area contributed by atoms with Gasteiger partial charge in [0.2, 0.25) is 0 Å². The molecule has 2 fully saturated rings. The quantitative estimate of drug-likeness (QED) is 0.749. The van der Waals surface area contributed by atoms with Crippen LogP contribution >= 0.6 is 11.3 Å². The first-order valence-corrected chi connectivity index (χ1v) is 9.37. The Morgan fingerprint density at radius 2 is 2.05 bits per heavy atom. The average Bonchev–Trinajstić information content (AvgIpc) is 3.08. The Labute approximate surface area is 130 Å². The second-order valence-electron chi connectivity index (χ2n) is 7.06. The van der Waals surface area contributed by atoms with Gasteiger partial charge in [-0.2, -0.15) is 0 Å². The summed E-state index contributed by atoms with van der Waals surface area (Å²) in [6, 6.07) is 2.19. The number of aryl methyl sites for hydroxylation is 2. The third kappa shape index (κ3) is 2.59. The highest BCUT2D eigenvalue weighted by Gasteiger charge is 2.41. The van der Waals surface area contributed by atoms with Crippen molar-refractivity contribution in [3.63, 3.8) is 0 Å². The van der Waals surface area contributed by atoms with Gasteiger partial charge < -0.3 is 4.74 Å². The third-order valence-electron chi connectivity index (χ3n) is 5.62. The number of carbonyl (C=O) groups is 1. The number of Topliss-reactive ketones (excluding diaryl/α,β-unsaturated/α-hetero) is 1. The molecule has 114 valence electrons. The number of rotatable bonds is 2. The number of thiophene rings is 1. The van der Waals surface area contributed by atoms with Crippen molar-refractivity contribution >= 4 is 17.1 Å². The fraction of sp³-hybridized carbons (Fsp3) is 0.722. The van der Waals surface area contributed by atoms with Gasteiger partial charge in [0.25, 0.3) is 0 Å². The summed E-state index contributed by atoms with van der Waals surface area (Å²) in [5.41, 5.74) is 1.49. The Balaban J connectivity index is 1.50. The third-order valence-corrected chi connectivity index (χ3v) is 6.87. The fourth-order valence-electron chi connectivity index (χ4n) is 4.45. The summed E-state index contributed by atoms with van der Waals surface area (Å²) in [5, 5.41) is 0. The molecule has 0 radical (unpaired) electrons. The normalized spacial score (nSPS) is 27.7. The molecule has 1 aromatic rings. The van der Waals surface area contributed by atoms with Crippen molar-refractivity contribution in [3.05, 3.63) is 21.4 Å². The number of ketones is 1. The molecular weight excluding hydrogens is 280 g/mol. The molecule has 2 aliphatic carbocycles. The number of ether oxygens (including phenoxy) is 1. The summed E-state index contributed by atoms with van der Waals surface area (Å²) < 4.78 is 6.14. The Morgan fingerprint density at radius 1 is 1.19 bits per heavy atom. The van der Waals surface area contributed by atoms with E-state index in [1.54, 1.807) is 11.3 Å². The molecule has 1 atom stereocenters. The highest BCUT2D eigenvalue weighted by Crippen LogP contribution is 2.42. The topological polar surface area (TPSA) is 26.3 Å². The van der Waals surface area contributed by atoms with E-state index in [0.717, 1.165) is 37.2 Å². The molecular formula is C18H24O2S. The first-order valence-electron chi connectivity index (χ1n) is 8.56. The molecule has 0 bridgehead atoms. The second kappa shape index (κ2) is 5.51. The minimum Gasteiger partial charge on any atom is -0.375 e. The Kier molecular flexibility index (Phi) is 3.66. The van der Waals surface area contributed by atoms with E-state index in [2.05, 4.69) is 6.07 Å². The van der Waals surface area contributed by atoms with Crippen molar-refractivity contribution < 1.29 is 9.53 Å². The van der Waals surface area contributed by atoms with Gasteiger partial charge >= 0.3 is 0 Å². The van der Waals surface area contributed by atoms with Crippen molar-refractivity contribution in [3.8, 4) is 0 Å². The predicted octanol–water partition coefficient (Wildman–Crippen LogP) is 4.55. The standard InChI is InChI=1S/C18H24O2S/c19-17(16-11-13-5-4-6-15(13)21-16)14-7-10-20-18(12-14)8-2-1-3-9-18/h11,14H,1-10,12H2. The van der Waals surface area contributed by atoms with Crippen molar-refractivity contribution in [2.75, 3.05) is 6.61 Å². The number of hydrogen-bond donors (Lipinski definition) is 0. The summed E-state index contributed by atoms with van der Waals surface area (Å²) in [6.45, 7) is 0.779. The zero-order valence-corrected chi connectivity index (χ0v) is 13.5. The molecule has 0 amide bonds. The van der Waals surface area contributed by atoms with Crippen LogP contribution in [0.4, 0.5) is 0 Å². The van der Waals surface area contributed by atoms with Crippen LogP contribution in [0, 0.1) is 5.92 Å². The minimum atomic E-state index is 0.0385. The smallest absolute Gasteiger partial charge is 0.176 e. The van der Waals surface area contributed by atoms with Crippen LogP contribution in [0.3, 0.4) is 0 Å². The van der Waals surface area contributed by atoms with E-state index in [9.17, 15) is 4.79 Å². The molecule has 1 aromatic heterocycles. The van der Waals surface area contributed by atoms with Crippen molar-refractivity contribution in [1.82, 2.24) is 0 Å². The lowest BCUT2D eigenvalue weighted by Gasteiger charge is -2.43. The molecule has 1 saturated heterocycles. The molecule has 4 rings (SSSR count). The van der Waals surface area contributed by atoms with Gasteiger partial charge in [-0.05, 0) is 56.6 Å². The molecule has 0 N–H and O–H groups in total. The molecule has 3 aliphatic rings. The van der Waals surface area contributed by atoms with Gasteiger partial charge in [0.05, 0.1) is 10.5 Å². The van der Waals surface area contributed by atoms with Crippen LogP contribution in [0.15, 0.2) is 6.07 Å². The van der Waals surface area contributed by atoms with E-state index in [0.29, 0.717) is 5.78 Å². The highest BCUT2D eigenvalue weighted by atomic mass is 32.1. The zero-order valence-electron chi connectivity index (χ0n) is 12.7. The lowest BCUT2D eigenvalue weighted by Crippen LogP contribution is -2.43. The van der Waals surface area contributed by atoms with E-state index in [4.69, 9.17) is 4.74 Å². The summed E-state index contributed by atoms with van der Waals surface area (Å²) >= 11 is 1.77. The molecule has 1 saturated carbocycles. The van der Waals surface area contributed by atoms with Gasteiger partial charge in [0.15, 0.2) is 5.78 Å². The lowest BCUT2D eigenvalue weighted by molar-refractivity contribution is -0.111. The summed E-state index contributed by atoms with van der Waals surface area (Å²) in [5.74, 6) is 0.610. The van der Waals surface area contributed by atoms with Crippen molar-refractivity contribution in [1.29, 1.82) is 0 Å². The molecule has 1 spiro atoms.